The first kappa shape index (κ1) is 14.3. The summed E-state index contributed by atoms with van der Waals surface area (Å²) in [5.74, 6) is -0.126. The summed E-state index contributed by atoms with van der Waals surface area (Å²) >= 11 is 3.40. The van der Waals surface area contributed by atoms with E-state index in [0.29, 0.717) is 24.2 Å². The Kier molecular flexibility index (Phi) is 3.82. The number of benzene rings is 1. The first-order valence-corrected chi connectivity index (χ1v) is 7.71. The number of hydrogen-bond donors (Lipinski definition) is 2. The van der Waals surface area contributed by atoms with Crippen LogP contribution in [0.2, 0.25) is 0 Å². The van der Waals surface area contributed by atoms with Crippen LogP contribution in [0.4, 0.5) is 0 Å². The van der Waals surface area contributed by atoms with E-state index >= 15 is 0 Å². The van der Waals surface area contributed by atoms with Gasteiger partial charge in [-0.3, -0.25) is 9.59 Å². The quantitative estimate of drug-likeness (QED) is 0.824. The number of pyridine rings is 1. The van der Waals surface area contributed by atoms with Gasteiger partial charge in [0.05, 0.1) is 5.56 Å². The number of amides is 1. The fraction of sp³-hybridized carbons (Fsp3) is 0.333. The van der Waals surface area contributed by atoms with Gasteiger partial charge in [-0.1, -0.05) is 15.9 Å². The van der Waals surface area contributed by atoms with Gasteiger partial charge >= 0.3 is 0 Å². The van der Waals surface area contributed by atoms with Crippen molar-refractivity contribution in [1.29, 1.82) is 0 Å². The molecule has 1 atom stereocenters. The number of nitrogens with zero attached hydrogens (tertiary/aromatic N) is 1. The van der Waals surface area contributed by atoms with E-state index in [0.717, 1.165) is 22.7 Å². The van der Waals surface area contributed by atoms with Gasteiger partial charge in [0.2, 0.25) is 5.56 Å². The summed E-state index contributed by atoms with van der Waals surface area (Å²) < 4.78 is 0.867. The van der Waals surface area contributed by atoms with Gasteiger partial charge in [0, 0.05) is 40.6 Å². The van der Waals surface area contributed by atoms with E-state index in [-0.39, 0.29) is 17.5 Å². The van der Waals surface area contributed by atoms with Crippen molar-refractivity contribution >= 4 is 32.7 Å². The Morgan fingerprint density at radius 2 is 2.19 bits per heavy atom. The van der Waals surface area contributed by atoms with Gasteiger partial charge in [-0.25, -0.2) is 0 Å². The van der Waals surface area contributed by atoms with Crippen molar-refractivity contribution in [3.05, 3.63) is 44.7 Å². The number of aromatic amines is 1. The highest BCUT2D eigenvalue weighted by molar-refractivity contribution is 9.10. The number of nitrogens with one attached hydrogen (secondary N) is 1. The minimum absolute atomic E-state index is 0.0164. The third-order valence-electron chi connectivity index (χ3n) is 3.78. The summed E-state index contributed by atoms with van der Waals surface area (Å²) in [5, 5.41) is 0.744. The van der Waals surface area contributed by atoms with E-state index in [1.54, 1.807) is 11.0 Å². The minimum Gasteiger partial charge on any atom is -0.337 e. The predicted molar refractivity (Wildman–Crippen MR) is 85.4 cm³/mol. The Morgan fingerprint density at radius 1 is 1.38 bits per heavy atom. The molecule has 1 saturated heterocycles. The molecule has 0 bridgehead atoms. The van der Waals surface area contributed by atoms with Gasteiger partial charge in [-0.2, -0.15) is 0 Å². The van der Waals surface area contributed by atoms with Crippen LogP contribution in [0.5, 0.6) is 0 Å². The number of carbonyl (C=O) groups is 1. The molecule has 0 radical (unpaired) electrons. The number of fused-ring (bicyclic) bond motifs is 1. The van der Waals surface area contributed by atoms with Crippen LogP contribution >= 0.6 is 15.9 Å². The molecule has 1 aliphatic heterocycles. The maximum absolute atomic E-state index is 12.7. The lowest BCUT2D eigenvalue weighted by Gasteiger charge is -2.31. The molecule has 5 nitrogen and oxygen atoms in total. The molecule has 0 spiro atoms. The molecule has 1 aromatic heterocycles. The van der Waals surface area contributed by atoms with Crippen LogP contribution in [0.3, 0.4) is 0 Å². The van der Waals surface area contributed by atoms with Gasteiger partial charge < -0.3 is 15.6 Å². The number of aromatic nitrogens is 1. The number of rotatable bonds is 1. The summed E-state index contributed by atoms with van der Waals surface area (Å²) in [6.45, 7) is 1.23. The van der Waals surface area contributed by atoms with Gasteiger partial charge in [-0.05, 0) is 31.0 Å². The zero-order valence-electron chi connectivity index (χ0n) is 11.4. The second-order valence-electron chi connectivity index (χ2n) is 5.39. The SMILES string of the molecule is N[C@H]1CCCN(C(=O)c2cc(=O)[nH]c3ccc(Br)cc23)C1. The molecule has 1 aliphatic rings. The number of nitrogens with two attached hydrogens (primary N) is 1. The predicted octanol–water partition coefficient (Wildman–Crippen LogP) is 1.85. The number of piperidine rings is 1. The second kappa shape index (κ2) is 5.61. The molecule has 0 aliphatic carbocycles. The van der Waals surface area contributed by atoms with Gasteiger partial charge in [0.15, 0.2) is 0 Å². The maximum Gasteiger partial charge on any atom is 0.254 e. The Labute approximate surface area is 130 Å². The average Bonchev–Trinajstić information content (AvgIpc) is 2.46. The summed E-state index contributed by atoms with van der Waals surface area (Å²) in [6.07, 6.45) is 1.84. The Balaban J connectivity index is 2.08. The van der Waals surface area contributed by atoms with E-state index in [1.807, 2.05) is 12.1 Å². The molecule has 0 unspecified atom stereocenters. The van der Waals surface area contributed by atoms with E-state index < -0.39 is 0 Å². The van der Waals surface area contributed by atoms with E-state index in [4.69, 9.17) is 5.73 Å². The molecule has 2 heterocycles. The number of likely N-dealkylation sites (tertiary alicyclic amines) is 1. The van der Waals surface area contributed by atoms with Gasteiger partial charge in [0.1, 0.15) is 0 Å². The third kappa shape index (κ3) is 2.87. The maximum atomic E-state index is 12.7. The van der Waals surface area contributed by atoms with Crippen molar-refractivity contribution < 1.29 is 4.79 Å². The Hall–Kier alpha value is -1.66. The lowest BCUT2D eigenvalue weighted by molar-refractivity contribution is 0.0710. The molecule has 110 valence electrons. The Bertz CT molecular complexity index is 756. The summed E-state index contributed by atoms with van der Waals surface area (Å²) in [5.41, 5.74) is 6.77. The fourth-order valence-corrected chi connectivity index (χ4v) is 3.13. The zero-order valence-corrected chi connectivity index (χ0v) is 13.0. The summed E-state index contributed by atoms with van der Waals surface area (Å²) in [6, 6.07) is 6.87. The first-order valence-electron chi connectivity index (χ1n) is 6.92. The molecule has 1 fully saturated rings. The number of hydrogen-bond acceptors (Lipinski definition) is 3. The molecule has 0 saturated carbocycles. The molecule has 6 heteroatoms. The largest absolute Gasteiger partial charge is 0.337 e. The van der Waals surface area contributed by atoms with E-state index in [9.17, 15) is 9.59 Å². The molecule has 21 heavy (non-hydrogen) atoms. The van der Waals surface area contributed by atoms with Crippen LogP contribution in [0.15, 0.2) is 33.5 Å². The second-order valence-corrected chi connectivity index (χ2v) is 6.31. The van der Waals surface area contributed by atoms with Crippen molar-refractivity contribution in [2.75, 3.05) is 13.1 Å². The van der Waals surface area contributed by atoms with E-state index in [2.05, 4.69) is 20.9 Å². The van der Waals surface area contributed by atoms with E-state index in [1.165, 1.54) is 6.07 Å². The highest BCUT2D eigenvalue weighted by atomic mass is 79.9. The standard InChI is InChI=1S/C15H16BrN3O2/c16-9-3-4-13-11(6-9)12(7-14(20)18-13)15(21)19-5-1-2-10(17)8-19/h3-4,6-7,10H,1-2,5,8,17H2,(H,18,20)/t10-/m0/s1. The lowest BCUT2D eigenvalue weighted by atomic mass is 10.0. The number of carbonyl (C=O) groups excluding carboxylic acids is 1. The molecule has 3 N–H and O–H groups in total. The lowest BCUT2D eigenvalue weighted by Crippen LogP contribution is -2.45. The van der Waals surface area contributed by atoms with Crippen molar-refractivity contribution in [3.63, 3.8) is 0 Å². The average molecular weight is 350 g/mol. The topological polar surface area (TPSA) is 79.2 Å². The van der Waals surface area contributed by atoms with Crippen molar-refractivity contribution in [2.24, 2.45) is 5.73 Å². The molecule has 1 amide bonds. The normalized spacial score (nSPS) is 19.0. The smallest absolute Gasteiger partial charge is 0.254 e. The monoisotopic (exact) mass is 349 g/mol. The van der Waals surface area contributed by atoms with Crippen LogP contribution in [-0.4, -0.2) is 34.9 Å². The highest BCUT2D eigenvalue weighted by Gasteiger charge is 2.24. The molecule has 2 aromatic rings. The third-order valence-corrected chi connectivity index (χ3v) is 4.27. The fourth-order valence-electron chi connectivity index (χ4n) is 2.77. The summed E-state index contributed by atoms with van der Waals surface area (Å²) in [7, 11) is 0. The molecular weight excluding hydrogens is 334 g/mol. The Morgan fingerprint density at radius 3 is 2.95 bits per heavy atom. The van der Waals surface area contributed by atoms with Crippen molar-refractivity contribution in [1.82, 2.24) is 9.88 Å². The van der Waals surface area contributed by atoms with Crippen LogP contribution < -0.4 is 11.3 Å². The minimum atomic E-state index is -0.269. The number of H-pyrrole nitrogens is 1. The summed E-state index contributed by atoms with van der Waals surface area (Å²) in [4.78, 5) is 29.0. The number of halogens is 1. The highest BCUT2D eigenvalue weighted by Crippen LogP contribution is 2.22. The zero-order chi connectivity index (χ0) is 15.0. The first-order chi connectivity index (χ1) is 10.0. The van der Waals surface area contributed by atoms with Crippen LogP contribution in [0.25, 0.3) is 10.9 Å². The van der Waals surface area contributed by atoms with Crippen molar-refractivity contribution in [2.45, 2.75) is 18.9 Å². The van der Waals surface area contributed by atoms with Crippen LogP contribution in [0, 0.1) is 0 Å². The van der Waals surface area contributed by atoms with Crippen LogP contribution in [-0.2, 0) is 0 Å². The molecule has 3 rings (SSSR count). The molecular formula is C15H16BrN3O2. The van der Waals surface area contributed by atoms with Gasteiger partial charge in [-0.15, -0.1) is 0 Å². The van der Waals surface area contributed by atoms with Gasteiger partial charge in [0.25, 0.3) is 5.91 Å². The van der Waals surface area contributed by atoms with Crippen molar-refractivity contribution in [3.8, 4) is 0 Å². The molecule has 1 aromatic carbocycles. The van der Waals surface area contributed by atoms with Crippen LogP contribution in [0.1, 0.15) is 23.2 Å².